The fourth-order valence-corrected chi connectivity index (χ4v) is 4.80. The first kappa shape index (κ1) is 36.5. The monoisotopic (exact) mass is 650 g/mol. The second-order valence-corrected chi connectivity index (χ2v) is 10.8. The van der Waals surface area contributed by atoms with Gasteiger partial charge in [-0.15, -0.1) is 0 Å². The van der Waals surface area contributed by atoms with Crippen LogP contribution in [0.4, 0.5) is 13.2 Å². The molecule has 0 radical (unpaired) electrons. The average Bonchev–Trinajstić information content (AvgIpc) is 3.07. The van der Waals surface area contributed by atoms with E-state index in [4.69, 9.17) is 14.2 Å². The number of hydrogen-bond acceptors (Lipinski definition) is 6. The number of nitrogens with zero attached hydrogens (tertiary/aromatic N) is 1. The van der Waals surface area contributed by atoms with Gasteiger partial charge >= 0.3 is 24.1 Å². The van der Waals surface area contributed by atoms with Crippen molar-refractivity contribution < 1.29 is 46.2 Å². The number of carbonyl (C=O) groups excluding carboxylic acids is 3. The van der Waals surface area contributed by atoms with Crippen molar-refractivity contribution in [2.75, 3.05) is 46.0 Å². The third-order valence-electron chi connectivity index (χ3n) is 7.64. The lowest BCUT2D eigenvalue weighted by Gasteiger charge is -2.38. The van der Waals surface area contributed by atoms with Crippen molar-refractivity contribution in [3.63, 3.8) is 0 Å². The van der Waals surface area contributed by atoms with Crippen molar-refractivity contribution in [3.8, 4) is 0 Å². The summed E-state index contributed by atoms with van der Waals surface area (Å²) >= 11 is 0. The van der Waals surface area contributed by atoms with Gasteiger partial charge in [0.1, 0.15) is 39.5 Å². The van der Waals surface area contributed by atoms with E-state index in [1.54, 1.807) is 91.0 Å². The summed E-state index contributed by atoms with van der Waals surface area (Å²) in [6, 6.07) is 19.8. The van der Waals surface area contributed by atoms with Crippen LogP contribution >= 0.6 is 0 Å². The number of esters is 3. The molecule has 0 saturated heterocycles. The zero-order chi connectivity index (χ0) is 34.3. The highest BCUT2D eigenvalue weighted by atomic mass is 19.4. The normalized spacial score (nSPS) is 11.3. The fraction of sp³-hybridized carbons (Fsp3) is 0.270. The SMILES string of the molecule is C=Cc1ccc(C(=O)OCC[N+](CCCC(F)(F)F)(CCOC(=O)c2ccc(C=C)cc2)CCOC(=O)c2ccc(C=C)cc2)cc1. The summed E-state index contributed by atoms with van der Waals surface area (Å²) in [7, 11) is 0. The van der Waals surface area contributed by atoms with Gasteiger partial charge in [-0.25, -0.2) is 14.4 Å². The first-order chi connectivity index (χ1) is 22.5. The van der Waals surface area contributed by atoms with Crippen LogP contribution in [-0.4, -0.2) is 74.6 Å². The van der Waals surface area contributed by atoms with Crippen molar-refractivity contribution >= 4 is 36.1 Å². The highest BCUT2D eigenvalue weighted by Gasteiger charge is 2.33. The van der Waals surface area contributed by atoms with E-state index in [9.17, 15) is 27.6 Å². The first-order valence-corrected chi connectivity index (χ1v) is 15.1. The fourth-order valence-electron chi connectivity index (χ4n) is 4.80. The quantitative estimate of drug-likeness (QED) is 0.0800. The van der Waals surface area contributed by atoms with Crippen molar-refractivity contribution in [2.24, 2.45) is 0 Å². The van der Waals surface area contributed by atoms with Gasteiger partial charge in [0, 0.05) is 12.8 Å². The molecule has 0 aliphatic carbocycles. The highest BCUT2D eigenvalue weighted by molar-refractivity contribution is 5.90. The smallest absolute Gasteiger partial charge is 0.389 e. The lowest BCUT2D eigenvalue weighted by Crippen LogP contribution is -2.55. The summed E-state index contributed by atoms with van der Waals surface area (Å²) in [6.07, 6.45) is -0.758. The Morgan fingerprint density at radius 2 is 0.851 bits per heavy atom. The Labute approximate surface area is 273 Å². The molecule has 0 fully saturated rings. The maximum absolute atomic E-state index is 13.2. The van der Waals surface area contributed by atoms with Crippen LogP contribution in [0.25, 0.3) is 18.2 Å². The van der Waals surface area contributed by atoms with E-state index in [2.05, 4.69) is 19.7 Å². The maximum Gasteiger partial charge on any atom is 0.389 e. The van der Waals surface area contributed by atoms with Gasteiger partial charge in [-0.1, -0.05) is 74.4 Å². The van der Waals surface area contributed by atoms with Crippen LogP contribution in [0.2, 0.25) is 0 Å². The van der Waals surface area contributed by atoms with E-state index < -0.39 is 30.5 Å². The number of quaternary nitrogens is 1. The van der Waals surface area contributed by atoms with Gasteiger partial charge in [0.2, 0.25) is 0 Å². The van der Waals surface area contributed by atoms with E-state index >= 15 is 0 Å². The highest BCUT2D eigenvalue weighted by Crippen LogP contribution is 2.23. The number of carbonyl (C=O) groups is 3. The molecule has 47 heavy (non-hydrogen) atoms. The molecular weight excluding hydrogens is 611 g/mol. The zero-order valence-electron chi connectivity index (χ0n) is 26.2. The van der Waals surface area contributed by atoms with Crippen LogP contribution in [0.3, 0.4) is 0 Å². The molecule has 3 aromatic rings. The lowest BCUT2D eigenvalue weighted by molar-refractivity contribution is -0.928. The van der Waals surface area contributed by atoms with Gasteiger partial charge in [0.15, 0.2) is 0 Å². The Hall–Kier alpha value is -4.96. The average molecular weight is 651 g/mol. The molecule has 7 nitrogen and oxygen atoms in total. The van der Waals surface area contributed by atoms with E-state index in [1.165, 1.54) is 0 Å². The molecule has 248 valence electrons. The van der Waals surface area contributed by atoms with Crippen LogP contribution in [0.5, 0.6) is 0 Å². The third kappa shape index (κ3) is 12.1. The van der Waals surface area contributed by atoms with Gasteiger partial charge in [0.25, 0.3) is 0 Å². The minimum atomic E-state index is -4.38. The maximum atomic E-state index is 13.2. The predicted octanol–water partition coefficient (Wildman–Crippen LogP) is 7.65. The predicted molar refractivity (Wildman–Crippen MR) is 175 cm³/mol. The number of rotatable bonds is 18. The van der Waals surface area contributed by atoms with Gasteiger partial charge < -0.3 is 18.7 Å². The second-order valence-electron chi connectivity index (χ2n) is 10.8. The van der Waals surface area contributed by atoms with Crippen LogP contribution in [-0.2, 0) is 14.2 Å². The van der Waals surface area contributed by atoms with Crippen LogP contribution in [0.15, 0.2) is 92.5 Å². The van der Waals surface area contributed by atoms with Gasteiger partial charge in [-0.2, -0.15) is 13.2 Å². The standard InChI is InChI=1S/C37H39F3NO6/c1-4-28-8-14-31(15-9-28)34(42)45-25-22-41(21-7-20-37(38,39)40,23-26-46-35(43)32-16-10-29(5-2)11-17-32)24-27-47-36(44)33-18-12-30(6-3)13-19-33/h4-6,8-19H,1-3,7,20-27H2/q+1. The minimum Gasteiger partial charge on any atom is -0.456 e. The largest absolute Gasteiger partial charge is 0.456 e. The van der Waals surface area contributed by atoms with Crippen molar-refractivity contribution in [2.45, 2.75) is 19.0 Å². The van der Waals surface area contributed by atoms with E-state index in [-0.39, 0.29) is 56.9 Å². The van der Waals surface area contributed by atoms with E-state index in [1.807, 2.05) is 0 Å². The van der Waals surface area contributed by atoms with Crippen molar-refractivity contribution in [3.05, 3.63) is 126 Å². The number of alkyl halides is 3. The molecule has 3 rings (SSSR count). The molecule has 0 atom stereocenters. The molecule has 0 saturated carbocycles. The topological polar surface area (TPSA) is 78.9 Å². The molecule has 0 aromatic heterocycles. The molecule has 0 bridgehead atoms. The zero-order valence-corrected chi connectivity index (χ0v) is 26.2. The third-order valence-corrected chi connectivity index (χ3v) is 7.64. The van der Waals surface area contributed by atoms with Gasteiger partial charge in [-0.05, 0) is 53.1 Å². The molecule has 10 heteroatoms. The van der Waals surface area contributed by atoms with Crippen molar-refractivity contribution in [1.29, 1.82) is 0 Å². The molecule has 0 amide bonds. The van der Waals surface area contributed by atoms with Crippen LogP contribution < -0.4 is 0 Å². The van der Waals surface area contributed by atoms with Gasteiger partial charge in [0.05, 0.1) is 23.2 Å². The van der Waals surface area contributed by atoms with E-state index in [0.29, 0.717) is 16.7 Å². The molecular formula is C37H39F3NO6+. The minimum absolute atomic E-state index is 0.00224. The Balaban J connectivity index is 1.76. The summed E-state index contributed by atoms with van der Waals surface area (Å²) in [5.41, 5.74) is 3.37. The first-order valence-electron chi connectivity index (χ1n) is 15.1. The lowest BCUT2D eigenvalue weighted by atomic mass is 10.1. The van der Waals surface area contributed by atoms with Crippen LogP contribution in [0, 0.1) is 0 Å². The van der Waals surface area contributed by atoms with Crippen LogP contribution in [0.1, 0.15) is 60.6 Å². The molecule has 0 spiro atoms. The summed E-state index contributed by atoms with van der Waals surface area (Å²) in [6.45, 7) is 10.9. The summed E-state index contributed by atoms with van der Waals surface area (Å²) in [5, 5.41) is 0. The summed E-state index contributed by atoms with van der Waals surface area (Å²) < 4.78 is 56.0. The Bertz CT molecular complexity index is 1350. The molecule has 3 aromatic carbocycles. The Morgan fingerprint density at radius 1 is 0.553 bits per heavy atom. The molecule has 0 heterocycles. The Kier molecular flexibility index (Phi) is 13.7. The van der Waals surface area contributed by atoms with Crippen molar-refractivity contribution in [1.82, 2.24) is 0 Å². The molecule has 0 aliphatic heterocycles. The summed E-state index contributed by atoms with van der Waals surface area (Å²) in [4.78, 5) is 38.2. The molecule has 0 N–H and O–H groups in total. The van der Waals surface area contributed by atoms with E-state index in [0.717, 1.165) is 16.7 Å². The number of hydrogen-bond donors (Lipinski definition) is 0. The molecule has 0 aliphatic rings. The number of halogens is 3. The Morgan fingerprint density at radius 3 is 1.11 bits per heavy atom. The summed E-state index contributed by atoms with van der Waals surface area (Å²) in [5.74, 6) is -1.80. The molecule has 0 unspecified atom stereocenters. The number of benzene rings is 3. The van der Waals surface area contributed by atoms with Gasteiger partial charge in [-0.3, -0.25) is 0 Å². The second kappa shape index (κ2) is 17.7. The number of ether oxygens (including phenoxy) is 3.